The summed E-state index contributed by atoms with van der Waals surface area (Å²) in [6.07, 6.45) is 5.76. The summed E-state index contributed by atoms with van der Waals surface area (Å²) in [4.78, 5) is 0. The maximum Gasteiger partial charge on any atom is 0.107 e. The van der Waals surface area contributed by atoms with Crippen LogP contribution >= 0.6 is 0 Å². The molecule has 2 heteroatoms. The fourth-order valence-electron chi connectivity index (χ4n) is 2.55. The van der Waals surface area contributed by atoms with E-state index in [1.165, 1.54) is 25.0 Å². The fourth-order valence-corrected chi connectivity index (χ4v) is 2.55. The number of nitrogens with one attached hydrogen (secondary N) is 1. The molecule has 0 bridgehead atoms. The summed E-state index contributed by atoms with van der Waals surface area (Å²) in [6.45, 7) is 5.54. The van der Waals surface area contributed by atoms with Crippen molar-refractivity contribution in [3.05, 3.63) is 24.2 Å². The number of rotatable bonds is 4. The quantitative estimate of drug-likeness (QED) is 0.820. The van der Waals surface area contributed by atoms with Gasteiger partial charge >= 0.3 is 0 Å². The average molecular weight is 207 g/mol. The van der Waals surface area contributed by atoms with Gasteiger partial charge in [0.25, 0.3) is 0 Å². The second-order valence-electron chi connectivity index (χ2n) is 4.88. The molecular formula is C13H21NO. The topological polar surface area (TPSA) is 25.2 Å². The number of furan rings is 1. The lowest BCUT2D eigenvalue weighted by molar-refractivity contribution is 0.371. The lowest BCUT2D eigenvalue weighted by atomic mass is 9.93. The molecule has 1 fully saturated rings. The van der Waals surface area contributed by atoms with E-state index in [1.54, 1.807) is 6.26 Å². The Kier molecular flexibility index (Phi) is 3.47. The summed E-state index contributed by atoms with van der Waals surface area (Å²) in [6, 6.07) is 4.71. The lowest BCUT2D eigenvalue weighted by Crippen LogP contribution is -2.29. The van der Waals surface area contributed by atoms with Crippen LogP contribution in [0.2, 0.25) is 0 Å². The molecule has 1 aromatic rings. The molecule has 1 saturated carbocycles. The van der Waals surface area contributed by atoms with Gasteiger partial charge in [-0.05, 0) is 37.4 Å². The standard InChI is InChI=1S/C13H21NO/c1-10(2)14-9-11-5-3-6-12(11)13-7-4-8-15-13/h4,7-8,10-12,14H,3,5-6,9H2,1-2H3. The Hall–Kier alpha value is -0.760. The van der Waals surface area contributed by atoms with Gasteiger partial charge in [0.2, 0.25) is 0 Å². The molecule has 15 heavy (non-hydrogen) atoms. The van der Waals surface area contributed by atoms with Crippen molar-refractivity contribution < 1.29 is 4.42 Å². The van der Waals surface area contributed by atoms with E-state index in [9.17, 15) is 0 Å². The lowest BCUT2D eigenvalue weighted by Gasteiger charge is -2.19. The van der Waals surface area contributed by atoms with Crippen LogP contribution < -0.4 is 5.32 Å². The van der Waals surface area contributed by atoms with Crippen molar-refractivity contribution in [3.8, 4) is 0 Å². The smallest absolute Gasteiger partial charge is 0.107 e. The molecule has 2 atom stereocenters. The summed E-state index contributed by atoms with van der Waals surface area (Å²) in [5, 5.41) is 3.54. The summed E-state index contributed by atoms with van der Waals surface area (Å²) < 4.78 is 5.53. The molecule has 2 rings (SSSR count). The fraction of sp³-hybridized carbons (Fsp3) is 0.692. The van der Waals surface area contributed by atoms with Gasteiger partial charge in [0.15, 0.2) is 0 Å². The molecule has 1 aliphatic rings. The first-order valence-corrected chi connectivity index (χ1v) is 6.04. The van der Waals surface area contributed by atoms with Gasteiger partial charge in [-0.3, -0.25) is 0 Å². The second kappa shape index (κ2) is 4.84. The van der Waals surface area contributed by atoms with Gasteiger partial charge in [-0.1, -0.05) is 20.3 Å². The Balaban J connectivity index is 1.93. The van der Waals surface area contributed by atoms with E-state index in [1.807, 2.05) is 6.07 Å². The minimum absolute atomic E-state index is 0.586. The first kappa shape index (κ1) is 10.7. The Morgan fingerprint density at radius 1 is 1.47 bits per heavy atom. The van der Waals surface area contributed by atoms with Crippen LogP contribution in [0.5, 0.6) is 0 Å². The van der Waals surface area contributed by atoms with E-state index in [0.29, 0.717) is 12.0 Å². The number of hydrogen-bond donors (Lipinski definition) is 1. The van der Waals surface area contributed by atoms with E-state index in [0.717, 1.165) is 12.5 Å². The highest BCUT2D eigenvalue weighted by atomic mass is 16.3. The third kappa shape index (κ3) is 2.63. The molecule has 0 radical (unpaired) electrons. The van der Waals surface area contributed by atoms with Crippen LogP contribution in [0, 0.1) is 5.92 Å². The maximum atomic E-state index is 5.53. The van der Waals surface area contributed by atoms with Crippen LogP contribution in [0.3, 0.4) is 0 Å². The van der Waals surface area contributed by atoms with Crippen LogP contribution in [0.1, 0.15) is 44.8 Å². The van der Waals surface area contributed by atoms with Gasteiger partial charge < -0.3 is 9.73 Å². The average Bonchev–Trinajstić information content (AvgIpc) is 2.85. The zero-order chi connectivity index (χ0) is 10.7. The van der Waals surface area contributed by atoms with Crippen molar-refractivity contribution in [3.63, 3.8) is 0 Å². The van der Waals surface area contributed by atoms with E-state index in [-0.39, 0.29) is 0 Å². The molecule has 1 aromatic heterocycles. The summed E-state index contributed by atoms with van der Waals surface area (Å²) in [5.74, 6) is 2.59. The molecule has 84 valence electrons. The van der Waals surface area contributed by atoms with Gasteiger partial charge in [-0.25, -0.2) is 0 Å². The van der Waals surface area contributed by atoms with E-state index >= 15 is 0 Å². The Morgan fingerprint density at radius 2 is 2.33 bits per heavy atom. The maximum absolute atomic E-state index is 5.53. The van der Waals surface area contributed by atoms with Crippen LogP contribution in [0.25, 0.3) is 0 Å². The second-order valence-corrected chi connectivity index (χ2v) is 4.88. The van der Waals surface area contributed by atoms with Crippen LogP contribution in [-0.2, 0) is 0 Å². The molecule has 0 aromatic carbocycles. The molecule has 1 N–H and O–H groups in total. The minimum atomic E-state index is 0.586. The Morgan fingerprint density at radius 3 is 3.00 bits per heavy atom. The highest BCUT2D eigenvalue weighted by Gasteiger charge is 2.30. The minimum Gasteiger partial charge on any atom is -0.469 e. The summed E-state index contributed by atoms with van der Waals surface area (Å²) in [7, 11) is 0. The third-order valence-electron chi connectivity index (χ3n) is 3.36. The number of hydrogen-bond acceptors (Lipinski definition) is 2. The highest BCUT2D eigenvalue weighted by Crippen LogP contribution is 2.39. The summed E-state index contributed by atoms with van der Waals surface area (Å²) in [5.41, 5.74) is 0. The van der Waals surface area contributed by atoms with Crippen molar-refractivity contribution in [2.75, 3.05) is 6.54 Å². The van der Waals surface area contributed by atoms with E-state index in [2.05, 4.69) is 25.2 Å². The zero-order valence-corrected chi connectivity index (χ0v) is 9.70. The van der Waals surface area contributed by atoms with E-state index < -0.39 is 0 Å². The molecular weight excluding hydrogens is 186 g/mol. The highest BCUT2D eigenvalue weighted by molar-refractivity contribution is 5.09. The van der Waals surface area contributed by atoms with E-state index in [4.69, 9.17) is 4.42 Å². The predicted octanol–water partition coefficient (Wildman–Crippen LogP) is 3.16. The predicted molar refractivity (Wildman–Crippen MR) is 61.9 cm³/mol. The molecule has 1 aliphatic carbocycles. The monoisotopic (exact) mass is 207 g/mol. The first-order chi connectivity index (χ1) is 7.27. The normalized spacial score (nSPS) is 26.3. The molecule has 2 unspecified atom stereocenters. The molecule has 0 amide bonds. The van der Waals surface area contributed by atoms with Crippen molar-refractivity contribution >= 4 is 0 Å². The summed E-state index contributed by atoms with van der Waals surface area (Å²) >= 11 is 0. The van der Waals surface area contributed by atoms with Crippen LogP contribution in [-0.4, -0.2) is 12.6 Å². The van der Waals surface area contributed by atoms with Crippen molar-refractivity contribution in [1.82, 2.24) is 5.32 Å². The third-order valence-corrected chi connectivity index (χ3v) is 3.36. The van der Waals surface area contributed by atoms with Crippen molar-refractivity contribution in [2.24, 2.45) is 5.92 Å². The van der Waals surface area contributed by atoms with Crippen LogP contribution in [0.15, 0.2) is 22.8 Å². The molecule has 2 nitrogen and oxygen atoms in total. The van der Waals surface area contributed by atoms with Gasteiger partial charge in [-0.2, -0.15) is 0 Å². The Labute approximate surface area is 92.1 Å². The molecule has 0 aliphatic heterocycles. The Bertz CT molecular complexity index is 279. The van der Waals surface area contributed by atoms with Crippen molar-refractivity contribution in [2.45, 2.75) is 45.1 Å². The first-order valence-electron chi connectivity index (χ1n) is 6.04. The zero-order valence-electron chi connectivity index (χ0n) is 9.70. The van der Waals surface area contributed by atoms with Crippen LogP contribution in [0.4, 0.5) is 0 Å². The largest absolute Gasteiger partial charge is 0.469 e. The SMILES string of the molecule is CC(C)NCC1CCCC1c1ccco1. The van der Waals surface area contributed by atoms with Gasteiger partial charge in [0, 0.05) is 12.0 Å². The van der Waals surface area contributed by atoms with Gasteiger partial charge in [0.05, 0.1) is 6.26 Å². The molecule has 0 saturated heterocycles. The molecule has 1 heterocycles. The molecule has 0 spiro atoms. The van der Waals surface area contributed by atoms with Gasteiger partial charge in [0.1, 0.15) is 5.76 Å². The van der Waals surface area contributed by atoms with Gasteiger partial charge in [-0.15, -0.1) is 0 Å². The van der Waals surface area contributed by atoms with Crippen molar-refractivity contribution in [1.29, 1.82) is 0 Å².